The van der Waals surface area contributed by atoms with Gasteiger partial charge in [0.25, 0.3) is 0 Å². The van der Waals surface area contributed by atoms with Crippen LogP contribution in [0, 0.1) is 11.7 Å². The van der Waals surface area contributed by atoms with Crippen molar-refractivity contribution in [1.82, 2.24) is 15.0 Å². The highest BCUT2D eigenvalue weighted by molar-refractivity contribution is 5.79. The summed E-state index contributed by atoms with van der Waals surface area (Å²) in [5, 5.41) is 3.28. The topological polar surface area (TPSA) is 77.7 Å². The standard InChI is InChI=1S/C19H19F4N3O4/c1-10-9-29-15-7-12(16-24-18(30-25-16)19(21,22)23)6-14(20)13(15)8-26(10)17(27)11-2-4-28-5-3-11/h6-7,10-11H,2-5,8-9H2,1H3/t10-/m0/s1. The van der Waals surface area contributed by atoms with Crippen molar-refractivity contribution in [2.45, 2.75) is 38.5 Å². The van der Waals surface area contributed by atoms with Crippen LogP contribution in [0.2, 0.25) is 0 Å². The first-order valence-corrected chi connectivity index (χ1v) is 9.48. The van der Waals surface area contributed by atoms with Crippen LogP contribution in [0.3, 0.4) is 0 Å². The number of ether oxygens (including phenoxy) is 2. The fourth-order valence-corrected chi connectivity index (χ4v) is 3.58. The number of alkyl halides is 3. The molecule has 0 aliphatic carbocycles. The molecular formula is C19H19F4N3O4. The summed E-state index contributed by atoms with van der Waals surface area (Å²) < 4.78 is 68.2. The maximum Gasteiger partial charge on any atom is 0.471 e. The van der Waals surface area contributed by atoms with Gasteiger partial charge in [0.1, 0.15) is 18.2 Å². The molecule has 0 bridgehead atoms. The van der Waals surface area contributed by atoms with Gasteiger partial charge in [-0.05, 0) is 31.9 Å². The first kappa shape index (κ1) is 20.6. The van der Waals surface area contributed by atoms with Crippen LogP contribution in [0.5, 0.6) is 5.75 Å². The smallest absolute Gasteiger partial charge is 0.471 e. The second-order valence-electron chi connectivity index (χ2n) is 7.37. The summed E-state index contributed by atoms with van der Waals surface area (Å²) >= 11 is 0. The van der Waals surface area contributed by atoms with E-state index in [4.69, 9.17) is 9.47 Å². The highest BCUT2D eigenvalue weighted by atomic mass is 19.4. The van der Waals surface area contributed by atoms with E-state index in [1.807, 2.05) is 0 Å². The first-order valence-electron chi connectivity index (χ1n) is 9.48. The van der Waals surface area contributed by atoms with Gasteiger partial charge < -0.3 is 18.9 Å². The predicted octanol–water partition coefficient (Wildman–Crippen LogP) is 3.43. The number of aromatic nitrogens is 2. The molecule has 0 spiro atoms. The molecule has 11 heteroatoms. The number of fused-ring (bicyclic) bond motifs is 1. The molecule has 4 rings (SSSR count). The molecule has 0 saturated carbocycles. The lowest BCUT2D eigenvalue weighted by Crippen LogP contribution is -2.44. The van der Waals surface area contributed by atoms with Crippen molar-refractivity contribution in [2.24, 2.45) is 5.92 Å². The Morgan fingerprint density at radius 2 is 1.97 bits per heavy atom. The van der Waals surface area contributed by atoms with Crippen LogP contribution in [-0.2, 0) is 22.3 Å². The minimum absolute atomic E-state index is 0.00114. The van der Waals surface area contributed by atoms with Gasteiger partial charge in [-0.15, -0.1) is 0 Å². The van der Waals surface area contributed by atoms with Gasteiger partial charge in [0.2, 0.25) is 11.7 Å². The summed E-state index contributed by atoms with van der Waals surface area (Å²) in [6, 6.07) is 2.07. The molecule has 162 valence electrons. The van der Waals surface area contributed by atoms with Crippen LogP contribution in [0.4, 0.5) is 17.6 Å². The molecule has 2 aliphatic rings. The lowest BCUT2D eigenvalue weighted by molar-refractivity contribution is -0.159. The Morgan fingerprint density at radius 1 is 1.23 bits per heavy atom. The SMILES string of the molecule is C[C@H]1COc2cc(-c3noc(C(F)(F)F)n3)cc(F)c2CN1C(=O)C1CCOCC1. The van der Waals surface area contributed by atoms with E-state index >= 15 is 0 Å². The van der Waals surface area contributed by atoms with Crippen LogP contribution in [0.15, 0.2) is 16.7 Å². The fourth-order valence-electron chi connectivity index (χ4n) is 3.58. The molecule has 1 amide bonds. The third-order valence-corrected chi connectivity index (χ3v) is 5.28. The minimum atomic E-state index is -4.80. The first-order chi connectivity index (χ1) is 14.2. The number of rotatable bonds is 2. The highest BCUT2D eigenvalue weighted by Gasteiger charge is 2.39. The third-order valence-electron chi connectivity index (χ3n) is 5.28. The molecule has 30 heavy (non-hydrogen) atoms. The molecule has 2 aromatic rings. The van der Waals surface area contributed by atoms with E-state index in [0.717, 1.165) is 6.07 Å². The van der Waals surface area contributed by atoms with E-state index in [1.165, 1.54) is 6.07 Å². The zero-order valence-electron chi connectivity index (χ0n) is 16.0. The van der Waals surface area contributed by atoms with Crippen molar-refractivity contribution in [1.29, 1.82) is 0 Å². The quantitative estimate of drug-likeness (QED) is 0.681. The summed E-state index contributed by atoms with van der Waals surface area (Å²) in [6.45, 7) is 2.93. The Kier molecular flexibility index (Phi) is 5.39. The summed E-state index contributed by atoms with van der Waals surface area (Å²) in [6.07, 6.45) is -3.58. The van der Waals surface area contributed by atoms with E-state index in [2.05, 4.69) is 14.7 Å². The summed E-state index contributed by atoms with van der Waals surface area (Å²) in [5.74, 6) is -2.78. The number of amides is 1. The highest BCUT2D eigenvalue weighted by Crippen LogP contribution is 2.35. The van der Waals surface area contributed by atoms with E-state index in [9.17, 15) is 22.4 Å². The van der Waals surface area contributed by atoms with Gasteiger partial charge in [-0.3, -0.25) is 4.79 Å². The molecule has 1 aromatic carbocycles. The molecule has 0 N–H and O–H groups in total. The molecule has 1 saturated heterocycles. The zero-order chi connectivity index (χ0) is 21.5. The van der Waals surface area contributed by atoms with Gasteiger partial charge in [0, 0.05) is 30.3 Å². The van der Waals surface area contributed by atoms with Crippen LogP contribution in [0.25, 0.3) is 11.4 Å². The second kappa shape index (κ2) is 7.86. The fraction of sp³-hybridized carbons (Fsp3) is 0.526. The number of carbonyl (C=O) groups is 1. The van der Waals surface area contributed by atoms with Gasteiger partial charge in [0.05, 0.1) is 12.6 Å². The summed E-state index contributed by atoms with van der Waals surface area (Å²) in [4.78, 5) is 17.8. The molecule has 1 fully saturated rings. The summed E-state index contributed by atoms with van der Waals surface area (Å²) in [5.41, 5.74) is 0.144. The average molecular weight is 429 g/mol. The predicted molar refractivity (Wildman–Crippen MR) is 93.7 cm³/mol. The molecule has 0 radical (unpaired) electrons. The lowest BCUT2D eigenvalue weighted by atomic mass is 9.97. The average Bonchev–Trinajstić information content (AvgIpc) is 3.16. The van der Waals surface area contributed by atoms with Gasteiger partial charge in [0.15, 0.2) is 0 Å². The monoisotopic (exact) mass is 429 g/mol. The van der Waals surface area contributed by atoms with Crippen LogP contribution in [0.1, 0.15) is 31.2 Å². The number of nitrogens with zero attached hydrogens (tertiary/aromatic N) is 3. The van der Waals surface area contributed by atoms with E-state index in [-0.39, 0.29) is 47.9 Å². The van der Waals surface area contributed by atoms with Crippen LogP contribution >= 0.6 is 0 Å². The number of hydrogen-bond acceptors (Lipinski definition) is 6. The molecular weight excluding hydrogens is 410 g/mol. The van der Waals surface area contributed by atoms with E-state index in [1.54, 1.807) is 11.8 Å². The molecule has 1 aromatic heterocycles. The minimum Gasteiger partial charge on any atom is -0.491 e. The molecule has 3 heterocycles. The van der Waals surface area contributed by atoms with Gasteiger partial charge in [-0.25, -0.2) is 4.39 Å². The largest absolute Gasteiger partial charge is 0.491 e. The molecule has 2 aliphatic heterocycles. The number of carbonyl (C=O) groups excluding carboxylic acids is 1. The van der Waals surface area contributed by atoms with Crippen molar-refractivity contribution >= 4 is 5.91 Å². The van der Waals surface area contributed by atoms with Crippen LogP contribution in [-0.4, -0.2) is 46.8 Å². The molecule has 0 unspecified atom stereocenters. The van der Waals surface area contributed by atoms with Crippen molar-refractivity contribution in [3.63, 3.8) is 0 Å². The third kappa shape index (κ3) is 3.98. The van der Waals surface area contributed by atoms with Gasteiger partial charge in [-0.1, -0.05) is 5.16 Å². The van der Waals surface area contributed by atoms with Crippen molar-refractivity contribution in [3.05, 3.63) is 29.4 Å². The summed E-state index contributed by atoms with van der Waals surface area (Å²) in [7, 11) is 0. The Balaban J connectivity index is 1.62. The van der Waals surface area contributed by atoms with Gasteiger partial charge in [-0.2, -0.15) is 18.2 Å². The Labute approximate surface area is 168 Å². The number of hydrogen-bond donors (Lipinski definition) is 0. The van der Waals surface area contributed by atoms with E-state index in [0.29, 0.717) is 26.1 Å². The van der Waals surface area contributed by atoms with Crippen LogP contribution < -0.4 is 4.74 Å². The van der Waals surface area contributed by atoms with E-state index < -0.39 is 23.7 Å². The number of benzene rings is 1. The maximum atomic E-state index is 14.9. The normalized spacial score (nSPS) is 20.4. The Bertz CT molecular complexity index is 940. The second-order valence-corrected chi connectivity index (χ2v) is 7.37. The van der Waals surface area contributed by atoms with Crippen molar-refractivity contribution in [3.8, 4) is 17.1 Å². The van der Waals surface area contributed by atoms with Gasteiger partial charge >= 0.3 is 12.1 Å². The Hall–Kier alpha value is -2.69. The lowest BCUT2D eigenvalue weighted by Gasteiger charge is -2.32. The zero-order valence-corrected chi connectivity index (χ0v) is 16.0. The van der Waals surface area contributed by atoms with Crippen molar-refractivity contribution in [2.75, 3.05) is 19.8 Å². The van der Waals surface area contributed by atoms with Crippen molar-refractivity contribution < 1.29 is 36.4 Å². The maximum absolute atomic E-state index is 14.9. The molecule has 1 atom stereocenters. The Morgan fingerprint density at radius 3 is 2.63 bits per heavy atom. The molecule has 7 nitrogen and oxygen atoms in total. The number of halogens is 4.